The number of carboxylic acid groups (broad SMARTS) is 1. The van der Waals surface area contributed by atoms with E-state index >= 15 is 0 Å². The van der Waals surface area contributed by atoms with Crippen molar-refractivity contribution < 1.29 is 14.6 Å². The number of rotatable bonds is 7. The summed E-state index contributed by atoms with van der Waals surface area (Å²) in [5.74, 6) is 0.522. The normalized spacial score (nSPS) is 13.6. The van der Waals surface area contributed by atoms with Crippen LogP contribution in [0.3, 0.4) is 0 Å². The number of nitrogens with one attached hydrogen (secondary N) is 1. The number of carbonyl (C=O) groups is 1. The summed E-state index contributed by atoms with van der Waals surface area (Å²) in [6.07, 6.45) is 4.68. The molecule has 1 atom stereocenters. The van der Waals surface area contributed by atoms with E-state index in [9.17, 15) is 4.79 Å². The van der Waals surface area contributed by atoms with E-state index in [1.165, 1.54) is 16.3 Å². The standard InChI is InChI=1S/C16H22N4O3/c1-5-11(13(6-2)23-4)10(3)18-14-7-8-20-15(19-14)12(9-17-20)16(21)22/h7-10H,5-6H2,1-4H3,(H,18,19)(H,21,22)/b13-11-/t10-/m1/s1. The van der Waals surface area contributed by atoms with E-state index in [1.807, 2.05) is 6.92 Å². The summed E-state index contributed by atoms with van der Waals surface area (Å²) in [5, 5.41) is 16.5. The van der Waals surface area contributed by atoms with Gasteiger partial charge in [-0.2, -0.15) is 5.10 Å². The number of hydrogen-bond acceptors (Lipinski definition) is 5. The van der Waals surface area contributed by atoms with Crippen molar-refractivity contribution in [2.24, 2.45) is 0 Å². The summed E-state index contributed by atoms with van der Waals surface area (Å²) >= 11 is 0. The maximum absolute atomic E-state index is 11.2. The monoisotopic (exact) mass is 318 g/mol. The molecule has 0 bridgehead atoms. The van der Waals surface area contributed by atoms with Crippen molar-refractivity contribution in [2.75, 3.05) is 12.4 Å². The Bertz CT molecular complexity index is 730. The third kappa shape index (κ3) is 3.44. The molecule has 0 radical (unpaired) electrons. The van der Waals surface area contributed by atoms with Crippen molar-refractivity contribution in [3.05, 3.63) is 35.4 Å². The second kappa shape index (κ2) is 7.13. The van der Waals surface area contributed by atoms with Crippen molar-refractivity contribution in [2.45, 2.75) is 39.7 Å². The van der Waals surface area contributed by atoms with E-state index in [-0.39, 0.29) is 11.6 Å². The summed E-state index contributed by atoms with van der Waals surface area (Å²) in [7, 11) is 1.68. The van der Waals surface area contributed by atoms with Crippen molar-refractivity contribution >= 4 is 17.4 Å². The van der Waals surface area contributed by atoms with Crippen LogP contribution in [0.1, 0.15) is 44.0 Å². The molecule has 0 saturated carbocycles. The molecule has 0 saturated heterocycles. The highest BCUT2D eigenvalue weighted by molar-refractivity contribution is 5.94. The number of hydrogen-bond donors (Lipinski definition) is 2. The van der Waals surface area contributed by atoms with Crippen LogP contribution in [0.5, 0.6) is 0 Å². The van der Waals surface area contributed by atoms with Gasteiger partial charge in [-0.15, -0.1) is 0 Å². The predicted octanol–water partition coefficient (Wildman–Crippen LogP) is 2.95. The van der Waals surface area contributed by atoms with Crippen LogP contribution < -0.4 is 5.32 Å². The third-order valence-electron chi connectivity index (χ3n) is 3.79. The van der Waals surface area contributed by atoms with E-state index in [0.717, 1.165) is 18.6 Å². The summed E-state index contributed by atoms with van der Waals surface area (Å²) < 4.78 is 6.89. The Labute approximate surface area is 135 Å². The first-order valence-corrected chi connectivity index (χ1v) is 7.61. The zero-order chi connectivity index (χ0) is 17.0. The minimum atomic E-state index is -1.04. The van der Waals surface area contributed by atoms with Gasteiger partial charge in [0.1, 0.15) is 11.4 Å². The topological polar surface area (TPSA) is 88.8 Å². The Kier molecular flexibility index (Phi) is 5.20. The molecule has 0 fully saturated rings. The number of aromatic carboxylic acids is 1. The van der Waals surface area contributed by atoms with Gasteiger partial charge in [0.25, 0.3) is 0 Å². The van der Waals surface area contributed by atoms with Crippen LogP contribution in [0.4, 0.5) is 5.82 Å². The highest BCUT2D eigenvalue weighted by Crippen LogP contribution is 2.20. The highest BCUT2D eigenvalue weighted by atomic mass is 16.5. The van der Waals surface area contributed by atoms with Crippen molar-refractivity contribution in [1.29, 1.82) is 0 Å². The summed E-state index contributed by atoms with van der Waals surface area (Å²) in [6, 6.07) is 1.80. The lowest BCUT2D eigenvalue weighted by Gasteiger charge is -2.20. The molecule has 0 aliphatic carbocycles. The third-order valence-corrected chi connectivity index (χ3v) is 3.79. The summed E-state index contributed by atoms with van der Waals surface area (Å²) in [4.78, 5) is 15.6. The molecule has 2 heterocycles. The van der Waals surface area contributed by atoms with Crippen LogP contribution in [0.25, 0.3) is 5.65 Å². The molecule has 7 heteroatoms. The molecule has 2 aromatic heterocycles. The summed E-state index contributed by atoms with van der Waals surface area (Å²) in [5.41, 5.74) is 1.57. The molecule has 0 aliphatic rings. The lowest BCUT2D eigenvalue weighted by molar-refractivity contribution is 0.0699. The minimum absolute atomic E-state index is 0.0287. The van der Waals surface area contributed by atoms with Crippen molar-refractivity contribution in [1.82, 2.24) is 14.6 Å². The quantitative estimate of drug-likeness (QED) is 0.763. The second-order valence-corrected chi connectivity index (χ2v) is 5.17. The van der Waals surface area contributed by atoms with Crippen molar-refractivity contribution in [3.63, 3.8) is 0 Å². The van der Waals surface area contributed by atoms with Crippen LogP contribution in [-0.4, -0.2) is 38.8 Å². The molecule has 23 heavy (non-hydrogen) atoms. The maximum atomic E-state index is 11.2. The minimum Gasteiger partial charge on any atom is -0.501 e. The molecule has 0 amide bonds. The molecule has 0 aromatic carbocycles. The fourth-order valence-electron chi connectivity index (χ4n) is 2.66. The number of carboxylic acids is 1. The predicted molar refractivity (Wildman–Crippen MR) is 87.6 cm³/mol. The number of allylic oxidation sites excluding steroid dienone is 1. The fourth-order valence-corrected chi connectivity index (χ4v) is 2.66. The van der Waals surface area contributed by atoms with Gasteiger partial charge < -0.3 is 15.2 Å². The van der Waals surface area contributed by atoms with Gasteiger partial charge in [-0.1, -0.05) is 13.8 Å². The molecule has 124 valence electrons. The molecule has 2 rings (SSSR count). The number of ether oxygens (including phenoxy) is 1. The van der Waals surface area contributed by atoms with Gasteiger partial charge in [-0.05, 0) is 25.0 Å². The lowest BCUT2D eigenvalue weighted by Crippen LogP contribution is -2.20. The second-order valence-electron chi connectivity index (χ2n) is 5.17. The number of nitrogens with zero attached hydrogens (tertiary/aromatic N) is 3. The van der Waals surface area contributed by atoms with E-state index in [0.29, 0.717) is 11.5 Å². The van der Waals surface area contributed by atoms with Gasteiger partial charge >= 0.3 is 5.97 Å². The zero-order valence-electron chi connectivity index (χ0n) is 13.8. The van der Waals surface area contributed by atoms with Crippen LogP contribution >= 0.6 is 0 Å². The van der Waals surface area contributed by atoms with Gasteiger partial charge in [0.15, 0.2) is 5.65 Å². The molecule has 7 nitrogen and oxygen atoms in total. The number of fused-ring (bicyclic) bond motifs is 1. The smallest absolute Gasteiger partial charge is 0.341 e. The van der Waals surface area contributed by atoms with E-state index in [2.05, 4.69) is 29.2 Å². The average molecular weight is 318 g/mol. The Morgan fingerprint density at radius 1 is 1.43 bits per heavy atom. The molecular weight excluding hydrogens is 296 g/mol. The van der Waals surface area contributed by atoms with Crippen LogP contribution in [0.2, 0.25) is 0 Å². The molecule has 2 N–H and O–H groups in total. The van der Waals surface area contributed by atoms with Crippen LogP contribution in [0, 0.1) is 0 Å². The Morgan fingerprint density at radius 2 is 2.17 bits per heavy atom. The lowest BCUT2D eigenvalue weighted by atomic mass is 10.0. The van der Waals surface area contributed by atoms with E-state index < -0.39 is 5.97 Å². The highest BCUT2D eigenvalue weighted by Gasteiger charge is 2.16. The first-order chi connectivity index (χ1) is 11.0. The van der Waals surface area contributed by atoms with Gasteiger partial charge in [0.2, 0.25) is 0 Å². The van der Waals surface area contributed by atoms with Gasteiger partial charge in [-0.3, -0.25) is 0 Å². The largest absolute Gasteiger partial charge is 0.501 e. The van der Waals surface area contributed by atoms with Crippen molar-refractivity contribution in [3.8, 4) is 0 Å². The number of aromatic nitrogens is 3. The zero-order valence-corrected chi connectivity index (χ0v) is 13.8. The van der Waals surface area contributed by atoms with E-state index in [4.69, 9.17) is 9.84 Å². The van der Waals surface area contributed by atoms with Gasteiger partial charge in [0, 0.05) is 18.7 Å². The van der Waals surface area contributed by atoms with Crippen LogP contribution in [0.15, 0.2) is 29.8 Å². The van der Waals surface area contributed by atoms with Gasteiger partial charge in [-0.25, -0.2) is 14.3 Å². The first-order valence-electron chi connectivity index (χ1n) is 7.61. The molecule has 0 unspecified atom stereocenters. The maximum Gasteiger partial charge on any atom is 0.341 e. The Morgan fingerprint density at radius 3 is 2.74 bits per heavy atom. The average Bonchev–Trinajstić information content (AvgIpc) is 2.95. The molecule has 0 spiro atoms. The molecule has 2 aromatic rings. The van der Waals surface area contributed by atoms with Crippen LogP contribution in [-0.2, 0) is 4.74 Å². The molecule has 0 aliphatic heterocycles. The molecular formula is C16H22N4O3. The SMILES string of the molecule is CC/C(OC)=C(\CC)[C@@H](C)Nc1ccn2ncc(C(=O)O)c2n1. The fraction of sp³-hybridized carbons (Fsp3) is 0.438. The van der Waals surface area contributed by atoms with Gasteiger partial charge in [0.05, 0.1) is 19.1 Å². The number of anilines is 1. The summed E-state index contributed by atoms with van der Waals surface area (Å²) in [6.45, 7) is 6.17. The van der Waals surface area contributed by atoms with E-state index in [1.54, 1.807) is 19.4 Å². The first kappa shape index (κ1) is 16.8. The number of methoxy groups -OCH3 is 1. The Hall–Kier alpha value is -2.57. The Balaban J connectivity index is 2.32.